The third kappa shape index (κ3) is 9.58. The number of nitrogens with zero attached hydrogens (tertiary/aromatic N) is 2. The average molecular weight is 961 g/mol. The van der Waals surface area contributed by atoms with Gasteiger partial charge in [-0.2, -0.15) is 0 Å². The maximum atomic E-state index is 14.5. The smallest absolute Gasteiger partial charge is 0.341 e. The van der Waals surface area contributed by atoms with Crippen LogP contribution in [0.2, 0.25) is 0 Å². The summed E-state index contributed by atoms with van der Waals surface area (Å²) in [5, 5.41) is 0. The highest BCUT2D eigenvalue weighted by atomic mass is 32.1. The summed E-state index contributed by atoms with van der Waals surface area (Å²) < 4.78 is 14.3. The van der Waals surface area contributed by atoms with Gasteiger partial charge in [0.15, 0.2) is 0 Å². The second-order valence-corrected chi connectivity index (χ2v) is 19.2. The molecule has 10 nitrogen and oxygen atoms in total. The van der Waals surface area contributed by atoms with Gasteiger partial charge in [-0.05, 0) is 122 Å². The lowest BCUT2D eigenvalue weighted by atomic mass is 9.97. The lowest BCUT2D eigenvalue weighted by molar-refractivity contribution is 0.0518. The Bertz CT molecular complexity index is 3680. The van der Waals surface area contributed by atoms with Gasteiger partial charge in [0, 0.05) is 22.2 Å². The van der Waals surface area contributed by atoms with Crippen molar-refractivity contribution in [2.75, 3.05) is 13.2 Å². The molecule has 10 heterocycles. The Morgan fingerprint density at radius 1 is 0.479 bits per heavy atom. The second kappa shape index (κ2) is 21.2. The van der Waals surface area contributed by atoms with E-state index in [1.165, 1.54) is 59.1 Å². The Kier molecular flexibility index (Phi) is 14.1. The molecule has 71 heavy (non-hydrogen) atoms. The van der Waals surface area contributed by atoms with Crippen LogP contribution < -0.4 is 0 Å². The molecular formula is C60H60N6O4S. The van der Waals surface area contributed by atoms with Gasteiger partial charge < -0.3 is 29.4 Å². The van der Waals surface area contributed by atoms with Crippen LogP contribution in [0.25, 0.3) is 97.9 Å². The monoisotopic (exact) mass is 960 g/mol. The number of rotatable bonds is 16. The van der Waals surface area contributed by atoms with Crippen LogP contribution in [-0.4, -0.2) is 55.1 Å². The van der Waals surface area contributed by atoms with Crippen molar-refractivity contribution in [3.05, 3.63) is 144 Å². The highest BCUT2D eigenvalue weighted by Gasteiger charge is 2.29. The van der Waals surface area contributed by atoms with E-state index in [2.05, 4.69) is 58.0 Å². The van der Waals surface area contributed by atoms with E-state index in [0.717, 1.165) is 75.4 Å². The zero-order chi connectivity index (χ0) is 48.8. The molecule has 0 fully saturated rings. The number of carbonyl (C=O) groups excluding carboxylic acids is 2. The minimum atomic E-state index is -0.537. The first-order valence-electron chi connectivity index (χ1n) is 25.4. The van der Waals surface area contributed by atoms with Crippen LogP contribution in [0.3, 0.4) is 0 Å². The van der Waals surface area contributed by atoms with Gasteiger partial charge >= 0.3 is 11.9 Å². The molecule has 14 bridgehead atoms. The number of benzene rings is 2. The summed E-state index contributed by atoms with van der Waals surface area (Å²) in [7, 11) is 0. The SMILES string of the molecule is CCCCCCc1c(CCCCCC)c2sc1c1cc(ccc3ccc([nH]3)c3[nH]c(c(C(=O)OCC)c3-c3ccccc3)c3[nH]c(c(-c4ccccc4)c3C(=O)OCC)c3cc(ccc4ccc2[nH]4)n3)n1. The fourth-order valence-electron chi connectivity index (χ4n) is 9.90. The van der Waals surface area contributed by atoms with Gasteiger partial charge in [-0.15, -0.1) is 11.3 Å². The molecule has 4 N–H and O–H groups in total. The molecule has 0 radical (unpaired) electrons. The summed E-state index contributed by atoms with van der Waals surface area (Å²) in [5.74, 6) is -1.07. The van der Waals surface area contributed by atoms with Crippen LogP contribution in [-0.2, 0) is 22.3 Å². The third-order valence-corrected chi connectivity index (χ3v) is 14.7. The average Bonchev–Trinajstić information content (AvgIpc) is 4.21. The predicted molar refractivity (Wildman–Crippen MR) is 294 cm³/mol. The first kappa shape index (κ1) is 47.2. The van der Waals surface area contributed by atoms with Crippen molar-refractivity contribution >= 4 is 98.9 Å². The topological polar surface area (TPSA) is 142 Å². The molecule has 0 aliphatic carbocycles. The molecule has 10 aromatic heterocycles. The van der Waals surface area contributed by atoms with E-state index in [-0.39, 0.29) is 24.3 Å². The standard InChI is InChI=1S/C60H60N6O4S/c1-5-9-11-19-25-43-44(26-20-12-10-6-2)58-48-36-42(64-48)30-27-39-31-33-45(61-39)53-49(37-21-15-13-16-22-37)51(59(67)69-7-3)55(65-53)56-52(60(68)70-8-4)50(38-23-17-14-18-24-38)54(66-56)47-35-41(63-47)29-28-40-32-34-46(62-40)57(43)71-58/h13-18,21-24,27-36,61-62,65-66H,5-12,19-20,25-26H2,1-4H3. The maximum absolute atomic E-state index is 14.5. The van der Waals surface area contributed by atoms with Gasteiger partial charge in [-0.3, -0.25) is 0 Å². The summed E-state index contributed by atoms with van der Waals surface area (Å²) in [6, 6.07) is 40.3. The van der Waals surface area contributed by atoms with E-state index >= 15 is 0 Å². The lowest BCUT2D eigenvalue weighted by Gasteiger charge is -2.08. The number of ether oxygens (including phenoxy) is 2. The molecule has 12 aromatic rings. The highest BCUT2D eigenvalue weighted by Crippen LogP contribution is 2.42. The number of nitrogens with one attached hydrogen (secondary N) is 4. The Hall–Kier alpha value is -7.50. The fraction of sp³-hybridized carbons (Fsp3) is 0.267. The number of esters is 2. The third-order valence-electron chi connectivity index (χ3n) is 13.4. The van der Waals surface area contributed by atoms with Gasteiger partial charge in [0.1, 0.15) is 0 Å². The molecule has 360 valence electrons. The summed E-state index contributed by atoms with van der Waals surface area (Å²) in [4.78, 5) is 53.9. The number of hydrogen-bond donors (Lipinski definition) is 4. The maximum Gasteiger partial charge on any atom is 0.341 e. The molecule has 0 amide bonds. The molecular weight excluding hydrogens is 901 g/mol. The Morgan fingerprint density at radius 3 is 1.48 bits per heavy atom. The minimum Gasteiger partial charge on any atom is -0.462 e. The van der Waals surface area contributed by atoms with Crippen molar-refractivity contribution in [3.8, 4) is 22.3 Å². The van der Waals surface area contributed by atoms with Gasteiger partial charge in [0.05, 0.1) is 88.9 Å². The summed E-state index contributed by atoms with van der Waals surface area (Å²) >= 11 is 1.87. The van der Waals surface area contributed by atoms with Crippen molar-refractivity contribution in [3.63, 3.8) is 0 Å². The molecule has 0 aliphatic heterocycles. The van der Waals surface area contributed by atoms with Crippen LogP contribution in [0, 0.1) is 0 Å². The van der Waals surface area contributed by atoms with Gasteiger partial charge in [-0.25, -0.2) is 19.6 Å². The molecule has 12 rings (SSSR count). The van der Waals surface area contributed by atoms with Crippen LogP contribution in [0.4, 0.5) is 0 Å². The van der Waals surface area contributed by atoms with Crippen molar-refractivity contribution < 1.29 is 19.1 Å². The molecule has 11 heteroatoms. The number of thiophene rings is 1. The number of hydrogen-bond acceptors (Lipinski definition) is 7. The minimum absolute atomic E-state index is 0.148. The number of H-pyrrole nitrogens is 4. The Balaban J connectivity index is 1.29. The number of unbranched alkanes of at least 4 members (excludes halogenated alkanes) is 6. The quantitative estimate of drug-likeness (QED) is 0.0561. The van der Waals surface area contributed by atoms with E-state index in [1.807, 2.05) is 108 Å². The number of aromatic nitrogens is 6. The van der Waals surface area contributed by atoms with Crippen LogP contribution in [0.1, 0.15) is 111 Å². The normalized spacial score (nSPS) is 11.6. The Morgan fingerprint density at radius 2 is 0.944 bits per heavy atom. The fourth-order valence-corrected chi connectivity index (χ4v) is 11.2. The van der Waals surface area contributed by atoms with Gasteiger partial charge in [-0.1, -0.05) is 113 Å². The van der Waals surface area contributed by atoms with Crippen molar-refractivity contribution in [1.82, 2.24) is 29.9 Å². The molecule has 0 saturated heterocycles. The lowest BCUT2D eigenvalue weighted by Crippen LogP contribution is -2.08. The zero-order valence-corrected chi connectivity index (χ0v) is 41.8. The van der Waals surface area contributed by atoms with Crippen molar-refractivity contribution in [2.45, 2.75) is 91.9 Å². The number of aromatic amines is 4. The predicted octanol–water partition coefficient (Wildman–Crippen LogP) is 16.1. The first-order chi connectivity index (χ1) is 34.9. The first-order valence-corrected chi connectivity index (χ1v) is 26.2. The second-order valence-electron chi connectivity index (χ2n) is 18.2. The number of carbonyl (C=O) groups is 2. The van der Waals surface area contributed by atoms with E-state index in [4.69, 9.17) is 19.4 Å². The summed E-state index contributed by atoms with van der Waals surface area (Å²) in [6.45, 7) is 8.42. The van der Waals surface area contributed by atoms with E-state index in [1.54, 1.807) is 13.8 Å². The number of aryl methyl sites for hydroxylation is 2. The van der Waals surface area contributed by atoms with E-state index < -0.39 is 11.9 Å². The van der Waals surface area contributed by atoms with Crippen LogP contribution >= 0.6 is 11.3 Å². The van der Waals surface area contributed by atoms with Gasteiger partial charge in [0.2, 0.25) is 0 Å². The molecule has 0 aliphatic rings. The zero-order valence-electron chi connectivity index (χ0n) is 41.0. The van der Waals surface area contributed by atoms with Crippen LogP contribution in [0.15, 0.2) is 121 Å². The molecule has 0 unspecified atom stereocenters. The summed E-state index contributed by atoms with van der Waals surface area (Å²) in [5.41, 5.74) is 15.4. The summed E-state index contributed by atoms with van der Waals surface area (Å²) in [6.07, 6.45) is 11.7. The molecule has 2 aromatic carbocycles. The highest BCUT2D eigenvalue weighted by molar-refractivity contribution is 7.25. The molecule has 0 spiro atoms. The molecule has 0 atom stereocenters. The largest absolute Gasteiger partial charge is 0.462 e. The van der Waals surface area contributed by atoms with Crippen molar-refractivity contribution in [2.24, 2.45) is 0 Å². The molecule has 0 saturated carbocycles. The van der Waals surface area contributed by atoms with Crippen molar-refractivity contribution in [1.29, 1.82) is 0 Å². The van der Waals surface area contributed by atoms with Gasteiger partial charge in [0.25, 0.3) is 0 Å². The van der Waals surface area contributed by atoms with Crippen LogP contribution in [0.5, 0.6) is 0 Å². The van der Waals surface area contributed by atoms with E-state index in [9.17, 15) is 9.59 Å². The van der Waals surface area contributed by atoms with E-state index in [0.29, 0.717) is 38.7 Å². The Labute approximate surface area is 416 Å².